The summed E-state index contributed by atoms with van der Waals surface area (Å²) in [7, 11) is 0. The highest BCUT2D eigenvalue weighted by Crippen LogP contribution is 2.44. The third-order valence-corrected chi connectivity index (χ3v) is 8.71. The van der Waals surface area contributed by atoms with Gasteiger partial charge in [0.05, 0.1) is 6.10 Å². The van der Waals surface area contributed by atoms with Crippen molar-refractivity contribution in [3.05, 3.63) is 87.1 Å². The van der Waals surface area contributed by atoms with Gasteiger partial charge in [0, 0.05) is 14.8 Å². The summed E-state index contributed by atoms with van der Waals surface area (Å²) >= 11 is 8.10. The Kier molecular flexibility index (Phi) is 10.2. The van der Waals surface area contributed by atoms with Crippen LogP contribution in [0.15, 0.2) is 61.2 Å². The van der Waals surface area contributed by atoms with Crippen molar-refractivity contribution >= 4 is 28.5 Å². The zero-order valence-electron chi connectivity index (χ0n) is 21.2. The fourth-order valence-corrected chi connectivity index (χ4v) is 6.61. The van der Waals surface area contributed by atoms with Crippen molar-refractivity contribution in [3.63, 3.8) is 0 Å². The number of halogens is 1. The lowest BCUT2D eigenvalue weighted by Gasteiger charge is -2.20. The first-order valence-corrected chi connectivity index (χ1v) is 14.0. The van der Waals surface area contributed by atoms with E-state index in [0.29, 0.717) is 17.8 Å². The molecular formula is C31H41ClOS. The summed E-state index contributed by atoms with van der Waals surface area (Å²) in [5, 5.41) is 10.6. The van der Waals surface area contributed by atoms with Crippen LogP contribution >= 0.6 is 22.9 Å². The molecule has 0 spiro atoms. The summed E-state index contributed by atoms with van der Waals surface area (Å²) in [6.45, 7) is 15.2. The molecule has 0 amide bonds. The van der Waals surface area contributed by atoms with E-state index >= 15 is 0 Å². The molecule has 3 heteroatoms. The Hall–Kier alpha value is -1.61. The molecule has 1 nitrogen and oxygen atoms in total. The van der Waals surface area contributed by atoms with Gasteiger partial charge in [-0.2, -0.15) is 0 Å². The molecule has 1 aromatic carbocycles. The molecule has 0 saturated heterocycles. The summed E-state index contributed by atoms with van der Waals surface area (Å²) in [6.07, 6.45) is 12.6. The predicted molar refractivity (Wildman–Crippen MR) is 151 cm³/mol. The van der Waals surface area contributed by atoms with Crippen molar-refractivity contribution in [3.8, 4) is 0 Å². The van der Waals surface area contributed by atoms with Gasteiger partial charge in [-0.05, 0) is 117 Å². The SMILES string of the molecule is C=C(CCC(O)CC)c1ccc(CCC[C@H]2C(=C)C[C@@H](C)C2C=CCc2cc(C)cc(Cl)c2)s1. The van der Waals surface area contributed by atoms with Crippen LogP contribution in [0.3, 0.4) is 0 Å². The van der Waals surface area contributed by atoms with E-state index in [4.69, 9.17) is 11.6 Å². The maximum Gasteiger partial charge on any atom is 0.0540 e. The van der Waals surface area contributed by atoms with Crippen molar-refractivity contribution in [2.75, 3.05) is 0 Å². The maximum absolute atomic E-state index is 9.82. The summed E-state index contributed by atoms with van der Waals surface area (Å²) < 4.78 is 0. The molecule has 2 unspecified atom stereocenters. The number of aliphatic hydroxyl groups excluding tert-OH is 1. The summed E-state index contributed by atoms with van der Waals surface area (Å²) in [4.78, 5) is 2.71. The van der Waals surface area contributed by atoms with E-state index in [1.54, 1.807) is 0 Å². The highest BCUT2D eigenvalue weighted by Gasteiger charge is 2.33. The summed E-state index contributed by atoms with van der Waals surface area (Å²) in [5.41, 5.74) is 5.08. The Morgan fingerprint density at radius 2 is 2.09 bits per heavy atom. The Labute approximate surface area is 216 Å². The van der Waals surface area contributed by atoms with Gasteiger partial charge in [-0.3, -0.25) is 0 Å². The minimum Gasteiger partial charge on any atom is -0.393 e. The first-order valence-electron chi connectivity index (χ1n) is 12.8. The number of benzene rings is 1. The van der Waals surface area contributed by atoms with Crippen molar-refractivity contribution in [2.24, 2.45) is 17.8 Å². The Bertz CT molecular complexity index is 980. The third-order valence-electron chi connectivity index (χ3n) is 7.24. The van der Waals surface area contributed by atoms with Gasteiger partial charge in [0.1, 0.15) is 0 Å². The topological polar surface area (TPSA) is 20.2 Å². The Morgan fingerprint density at radius 1 is 1.29 bits per heavy atom. The van der Waals surface area contributed by atoms with Crippen LogP contribution in [0.2, 0.25) is 5.02 Å². The number of allylic oxidation sites excluding steroid dienone is 4. The summed E-state index contributed by atoms with van der Waals surface area (Å²) in [6, 6.07) is 10.8. The minimum atomic E-state index is -0.213. The Balaban J connectivity index is 1.51. The van der Waals surface area contributed by atoms with Crippen LogP contribution < -0.4 is 0 Å². The molecule has 0 aliphatic heterocycles. The molecular weight excluding hydrogens is 456 g/mol. The standard InChI is InChI=1S/C31H41ClOS/c1-6-27(33)14-13-22(3)31-16-15-28(34-31)10-8-12-30-24(5)19-23(4)29(30)11-7-9-25-17-21(2)18-26(32)20-25/h7,11,15-18,20,23,27,29-30,33H,3,5-6,8-10,12-14,19H2,1-2,4H3/t23-,27?,29?,30+/m1/s1. The molecule has 3 rings (SSSR count). The van der Waals surface area contributed by atoms with Crippen LogP contribution in [0.25, 0.3) is 5.57 Å². The molecule has 1 aliphatic rings. The van der Waals surface area contributed by atoms with Crippen molar-refractivity contribution < 1.29 is 5.11 Å². The molecule has 1 saturated carbocycles. The maximum atomic E-state index is 9.82. The van der Waals surface area contributed by atoms with Gasteiger partial charge >= 0.3 is 0 Å². The second kappa shape index (κ2) is 12.9. The van der Waals surface area contributed by atoms with Crippen LogP contribution in [0.4, 0.5) is 0 Å². The first kappa shape index (κ1) is 27.0. The van der Waals surface area contributed by atoms with Gasteiger partial charge in [0.2, 0.25) is 0 Å². The van der Waals surface area contributed by atoms with Gasteiger partial charge in [-0.25, -0.2) is 0 Å². The van der Waals surface area contributed by atoms with E-state index in [1.165, 1.54) is 39.3 Å². The zero-order valence-corrected chi connectivity index (χ0v) is 22.7. The molecule has 1 aromatic heterocycles. The quantitative estimate of drug-likeness (QED) is 0.290. The van der Waals surface area contributed by atoms with Crippen molar-refractivity contribution in [2.45, 2.75) is 78.2 Å². The number of rotatable bonds is 12. The predicted octanol–water partition coefficient (Wildman–Crippen LogP) is 9.22. The lowest BCUT2D eigenvalue weighted by molar-refractivity contribution is 0.162. The molecule has 184 valence electrons. The minimum absolute atomic E-state index is 0.213. The number of hydrogen-bond acceptors (Lipinski definition) is 2. The fourth-order valence-electron chi connectivity index (χ4n) is 5.25. The van der Waals surface area contributed by atoms with Crippen molar-refractivity contribution in [1.29, 1.82) is 0 Å². The van der Waals surface area contributed by atoms with Crippen molar-refractivity contribution in [1.82, 2.24) is 0 Å². The lowest BCUT2D eigenvalue weighted by atomic mass is 9.85. The largest absolute Gasteiger partial charge is 0.393 e. The van der Waals surface area contributed by atoms with Crippen LogP contribution in [0.1, 0.15) is 73.3 Å². The zero-order chi connectivity index (χ0) is 24.7. The Morgan fingerprint density at radius 3 is 2.82 bits per heavy atom. The third kappa shape index (κ3) is 7.70. The molecule has 1 heterocycles. The van der Waals surface area contributed by atoms with E-state index in [-0.39, 0.29) is 6.10 Å². The van der Waals surface area contributed by atoms with Gasteiger partial charge < -0.3 is 5.11 Å². The molecule has 1 fully saturated rings. The molecule has 0 radical (unpaired) electrons. The number of aryl methyl sites for hydroxylation is 2. The first-order chi connectivity index (χ1) is 16.3. The van der Waals surface area contributed by atoms with Gasteiger partial charge in [0.15, 0.2) is 0 Å². The number of thiophene rings is 1. The second-order valence-electron chi connectivity index (χ2n) is 10.2. The number of hydrogen-bond donors (Lipinski definition) is 1. The van der Waals surface area contributed by atoms with E-state index < -0.39 is 0 Å². The molecule has 4 atom stereocenters. The highest BCUT2D eigenvalue weighted by molar-refractivity contribution is 7.13. The van der Waals surface area contributed by atoms with Crippen LogP contribution in [0, 0.1) is 24.7 Å². The van der Waals surface area contributed by atoms with E-state index in [2.05, 4.69) is 63.4 Å². The molecule has 1 N–H and O–H groups in total. The molecule has 2 aromatic rings. The van der Waals surface area contributed by atoms with E-state index in [0.717, 1.165) is 49.1 Å². The summed E-state index contributed by atoms with van der Waals surface area (Å²) in [5.74, 6) is 1.82. The monoisotopic (exact) mass is 496 g/mol. The smallest absolute Gasteiger partial charge is 0.0540 e. The van der Waals surface area contributed by atoms with Crippen LogP contribution in [-0.2, 0) is 12.8 Å². The average molecular weight is 497 g/mol. The van der Waals surface area contributed by atoms with E-state index in [9.17, 15) is 5.11 Å². The van der Waals surface area contributed by atoms with E-state index in [1.807, 2.05) is 24.3 Å². The normalized spacial score (nSPS) is 21.4. The van der Waals surface area contributed by atoms with Crippen LogP contribution in [0.5, 0.6) is 0 Å². The second-order valence-corrected chi connectivity index (χ2v) is 11.8. The molecule has 0 bridgehead atoms. The van der Waals surface area contributed by atoms with Crippen LogP contribution in [-0.4, -0.2) is 11.2 Å². The molecule has 34 heavy (non-hydrogen) atoms. The van der Waals surface area contributed by atoms with Gasteiger partial charge in [0.25, 0.3) is 0 Å². The average Bonchev–Trinajstić information content (AvgIpc) is 3.36. The fraction of sp³-hybridized carbons (Fsp3) is 0.484. The van der Waals surface area contributed by atoms with Gasteiger partial charge in [-0.15, -0.1) is 11.3 Å². The number of aliphatic hydroxyl groups is 1. The van der Waals surface area contributed by atoms with Gasteiger partial charge in [-0.1, -0.05) is 62.4 Å². The highest BCUT2D eigenvalue weighted by atomic mass is 35.5. The molecule has 1 aliphatic carbocycles. The lowest BCUT2D eigenvalue weighted by Crippen LogP contribution is -2.11.